The second kappa shape index (κ2) is 6.93. The van der Waals surface area contributed by atoms with Crippen molar-refractivity contribution in [3.63, 3.8) is 0 Å². The molecule has 1 saturated heterocycles. The number of likely N-dealkylation sites (tertiary alicyclic amines) is 1. The zero-order chi connectivity index (χ0) is 15.2. The average Bonchev–Trinajstić information content (AvgIpc) is 3.09. The molecular weight excluding hydrogens is 278 g/mol. The number of hydrogen-bond donors (Lipinski definition) is 1. The summed E-state index contributed by atoms with van der Waals surface area (Å²) in [6.45, 7) is 2.13. The Bertz CT molecular complexity index is 625. The first-order valence-electron chi connectivity index (χ1n) is 7.49. The van der Waals surface area contributed by atoms with E-state index in [-0.39, 0.29) is 6.03 Å². The molecule has 0 bridgehead atoms. The molecule has 114 valence electrons. The van der Waals surface area contributed by atoms with Crippen molar-refractivity contribution >= 4 is 11.7 Å². The van der Waals surface area contributed by atoms with Gasteiger partial charge in [-0.15, -0.1) is 0 Å². The van der Waals surface area contributed by atoms with E-state index in [2.05, 4.69) is 10.3 Å². The second-order valence-electron chi connectivity index (χ2n) is 5.30. The lowest BCUT2D eigenvalue weighted by Gasteiger charge is -2.16. The number of pyridine rings is 1. The van der Waals surface area contributed by atoms with E-state index in [1.165, 1.54) is 0 Å². The summed E-state index contributed by atoms with van der Waals surface area (Å²) in [5.74, 6) is 0.725. The van der Waals surface area contributed by atoms with Gasteiger partial charge in [-0.3, -0.25) is 4.98 Å². The van der Waals surface area contributed by atoms with Gasteiger partial charge in [-0.25, -0.2) is 4.79 Å². The second-order valence-corrected chi connectivity index (χ2v) is 5.30. The van der Waals surface area contributed by atoms with Gasteiger partial charge in [-0.05, 0) is 31.0 Å². The SMILES string of the molecule is O=C(Nc1cccc(OCc2cccnc2)c1)N1CCCC1. The Kier molecular flexibility index (Phi) is 4.53. The van der Waals surface area contributed by atoms with Gasteiger partial charge >= 0.3 is 6.03 Å². The zero-order valence-corrected chi connectivity index (χ0v) is 12.4. The van der Waals surface area contributed by atoms with E-state index in [1.807, 2.05) is 41.3 Å². The van der Waals surface area contributed by atoms with E-state index in [0.29, 0.717) is 6.61 Å². The van der Waals surface area contributed by atoms with Gasteiger partial charge in [0.25, 0.3) is 0 Å². The van der Waals surface area contributed by atoms with Crippen LogP contribution >= 0.6 is 0 Å². The van der Waals surface area contributed by atoms with E-state index in [1.54, 1.807) is 12.4 Å². The molecule has 0 unspecified atom stereocenters. The van der Waals surface area contributed by atoms with Gasteiger partial charge in [0.15, 0.2) is 0 Å². The van der Waals surface area contributed by atoms with Gasteiger partial charge in [0.1, 0.15) is 12.4 Å². The van der Waals surface area contributed by atoms with Crippen LogP contribution in [0.3, 0.4) is 0 Å². The van der Waals surface area contributed by atoms with Crippen LogP contribution in [0.5, 0.6) is 5.75 Å². The lowest BCUT2D eigenvalue weighted by Crippen LogP contribution is -2.32. The average molecular weight is 297 g/mol. The first-order chi connectivity index (χ1) is 10.8. The van der Waals surface area contributed by atoms with Gasteiger partial charge < -0.3 is 15.0 Å². The fraction of sp³-hybridized carbons (Fsp3) is 0.294. The molecule has 2 amide bonds. The number of benzene rings is 1. The number of nitrogens with zero attached hydrogens (tertiary/aromatic N) is 2. The highest BCUT2D eigenvalue weighted by Crippen LogP contribution is 2.19. The van der Waals surface area contributed by atoms with E-state index in [4.69, 9.17) is 4.74 Å². The summed E-state index contributed by atoms with van der Waals surface area (Å²) in [4.78, 5) is 18.0. The van der Waals surface area contributed by atoms with Crippen LogP contribution in [0.1, 0.15) is 18.4 Å². The van der Waals surface area contributed by atoms with Gasteiger partial charge in [0, 0.05) is 42.8 Å². The fourth-order valence-electron chi connectivity index (χ4n) is 2.44. The minimum Gasteiger partial charge on any atom is -0.489 e. The van der Waals surface area contributed by atoms with Crippen LogP contribution in [0.25, 0.3) is 0 Å². The normalized spacial score (nSPS) is 13.9. The van der Waals surface area contributed by atoms with E-state index < -0.39 is 0 Å². The molecule has 0 spiro atoms. The maximum absolute atomic E-state index is 12.1. The summed E-state index contributed by atoms with van der Waals surface area (Å²) >= 11 is 0. The molecular formula is C17H19N3O2. The summed E-state index contributed by atoms with van der Waals surface area (Å²) in [5.41, 5.74) is 1.76. The molecule has 5 heteroatoms. The minimum atomic E-state index is -0.0399. The smallest absolute Gasteiger partial charge is 0.321 e. The molecule has 1 N–H and O–H groups in total. The Morgan fingerprint density at radius 3 is 2.86 bits per heavy atom. The molecule has 1 aliphatic rings. The zero-order valence-electron chi connectivity index (χ0n) is 12.4. The number of aromatic nitrogens is 1. The van der Waals surface area contributed by atoms with Crippen LogP contribution in [-0.2, 0) is 6.61 Å². The minimum absolute atomic E-state index is 0.0399. The van der Waals surface area contributed by atoms with Crippen molar-refractivity contribution in [1.82, 2.24) is 9.88 Å². The Labute approximate surface area is 129 Å². The molecule has 0 saturated carbocycles. The van der Waals surface area contributed by atoms with Crippen molar-refractivity contribution in [3.05, 3.63) is 54.4 Å². The molecule has 3 rings (SSSR count). The molecule has 2 aromatic rings. The molecule has 1 aliphatic heterocycles. The van der Waals surface area contributed by atoms with Crippen LogP contribution in [-0.4, -0.2) is 29.0 Å². The maximum Gasteiger partial charge on any atom is 0.321 e. The van der Waals surface area contributed by atoms with E-state index in [0.717, 1.165) is 42.9 Å². The number of hydrogen-bond acceptors (Lipinski definition) is 3. The predicted molar refractivity (Wildman–Crippen MR) is 84.8 cm³/mol. The highest BCUT2D eigenvalue weighted by atomic mass is 16.5. The van der Waals surface area contributed by atoms with Crippen molar-refractivity contribution < 1.29 is 9.53 Å². The quantitative estimate of drug-likeness (QED) is 0.942. The number of urea groups is 1. The highest BCUT2D eigenvalue weighted by Gasteiger charge is 2.17. The topological polar surface area (TPSA) is 54.5 Å². The number of carbonyl (C=O) groups excluding carboxylic acids is 1. The number of anilines is 1. The molecule has 1 fully saturated rings. The highest BCUT2D eigenvalue weighted by molar-refractivity contribution is 5.89. The predicted octanol–water partition coefficient (Wildman–Crippen LogP) is 3.29. The van der Waals surface area contributed by atoms with Gasteiger partial charge in [0.05, 0.1) is 0 Å². The Balaban J connectivity index is 1.58. The van der Waals surface area contributed by atoms with Crippen LogP contribution in [0.15, 0.2) is 48.8 Å². The van der Waals surface area contributed by atoms with Gasteiger partial charge in [-0.2, -0.15) is 0 Å². The Morgan fingerprint density at radius 1 is 1.23 bits per heavy atom. The van der Waals surface area contributed by atoms with Crippen LogP contribution in [0.2, 0.25) is 0 Å². The number of nitrogens with one attached hydrogen (secondary N) is 1. The van der Waals surface area contributed by atoms with E-state index in [9.17, 15) is 4.79 Å². The molecule has 2 heterocycles. The lowest BCUT2D eigenvalue weighted by molar-refractivity contribution is 0.222. The lowest BCUT2D eigenvalue weighted by atomic mass is 10.3. The van der Waals surface area contributed by atoms with E-state index >= 15 is 0 Å². The van der Waals surface area contributed by atoms with Crippen molar-refractivity contribution in [2.45, 2.75) is 19.4 Å². The van der Waals surface area contributed by atoms with Crippen LogP contribution in [0.4, 0.5) is 10.5 Å². The number of rotatable bonds is 4. The largest absolute Gasteiger partial charge is 0.489 e. The standard InChI is InChI=1S/C17H19N3O2/c21-17(20-9-1-2-10-20)19-15-6-3-7-16(11-15)22-13-14-5-4-8-18-12-14/h3-8,11-12H,1-2,9-10,13H2,(H,19,21). The Hall–Kier alpha value is -2.56. The fourth-order valence-corrected chi connectivity index (χ4v) is 2.44. The summed E-state index contributed by atoms with van der Waals surface area (Å²) in [5, 5.41) is 2.92. The number of ether oxygens (including phenoxy) is 1. The number of carbonyl (C=O) groups is 1. The van der Waals surface area contributed by atoms with Crippen LogP contribution < -0.4 is 10.1 Å². The molecule has 0 atom stereocenters. The third-order valence-corrected chi connectivity index (χ3v) is 3.61. The summed E-state index contributed by atoms with van der Waals surface area (Å²) in [7, 11) is 0. The Morgan fingerprint density at radius 2 is 2.09 bits per heavy atom. The van der Waals surface area contributed by atoms with Gasteiger partial charge in [0.2, 0.25) is 0 Å². The molecule has 0 radical (unpaired) electrons. The summed E-state index contributed by atoms with van der Waals surface area (Å²) in [6.07, 6.45) is 5.68. The monoisotopic (exact) mass is 297 g/mol. The number of amides is 2. The molecule has 5 nitrogen and oxygen atoms in total. The van der Waals surface area contributed by atoms with Crippen molar-refractivity contribution in [2.75, 3.05) is 18.4 Å². The first-order valence-corrected chi connectivity index (χ1v) is 7.49. The third kappa shape index (κ3) is 3.75. The van der Waals surface area contributed by atoms with Crippen molar-refractivity contribution in [1.29, 1.82) is 0 Å². The van der Waals surface area contributed by atoms with Crippen molar-refractivity contribution in [3.8, 4) is 5.75 Å². The molecule has 0 aliphatic carbocycles. The third-order valence-electron chi connectivity index (χ3n) is 3.61. The summed E-state index contributed by atoms with van der Waals surface area (Å²) < 4.78 is 5.73. The molecule has 1 aromatic carbocycles. The maximum atomic E-state index is 12.1. The molecule has 22 heavy (non-hydrogen) atoms. The van der Waals surface area contributed by atoms with Crippen LogP contribution in [0, 0.1) is 0 Å². The summed E-state index contributed by atoms with van der Waals surface area (Å²) in [6, 6.07) is 11.3. The van der Waals surface area contributed by atoms with Crippen molar-refractivity contribution in [2.24, 2.45) is 0 Å². The first kappa shape index (κ1) is 14.4. The molecule has 1 aromatic heterocycles. The van der Waals surface area contributed by atoms with Gasteiger partial charge in [-0.1, -0.05) is 12.1 Å².